The first-order valence-corrected chi connectivity index (χ1v) is 5.14. The molecule has 0 unspecified atom stereocenters. The van der Waals surface area contributed by atoms with Crippen molar-refractivity contribution in [1.82, 2.24) is 9.88 Å². The number of pyridine rings is 1. The molecular weight excluding hydrogens is 176 g/mol. The number of hydrogen-bond acceptors (Lipinski definition) is 2. The van der Waals surface area contributed by atoms with Gasteiger partial charge in [-0.1, -0.05) is 6.07 Å². The minimum Gasteiger partial charge on any atom is -0.316 e. The van der Waals surface area contributed by atoms with Crippen molar-refractivity contribution in [1.29, 1.82) is 0 Å². The van der Waals surface area contributed by atoms with Gasteiger partial charge in [0, 0.05) is 18.3 Å². The molecule has 1 fully saturated rings. The van der Waals surface area contributed by atoms with Gasteiger partial charge in [0.05, 0.1) is 0 Å². The molecule has 2 rings (SSSR count). The molecule has 0 spiro atoms. The lowest BCUT2D eigenvalue weighted by Crippen LogP contribution is -2.42. The molecule has 0 atom stereocenters. The Bertz CT molecular complexity index is 366. The minimum atomic E-state index is 0.153. The van der Waals surface area contributed by atoms with Crippen molar-refractivity contribution in [3.05, 3.63) is 34.2 Å². The Hall–Kier alpha value is -1.09. The monoisotopic (exact) mass is 192 g/mol. The number of aryl methyl sites for hydroxylation is 2. The zero-order valence-corrected chi connectivity index (χ0v) is 8.49. The van der Waals surface area contributed by atoms with E-state index in [-0.39, 0.29) is 5.56 Å². The maximum atomic E-state index is 11.6. The summed E-state index contributed by atoms with van der Waals surface area (Å²) in [4.78, 5) is 11.6. The quantitative estimate of drug-likeness (QED) is 0.767. The lowest BCUT2D eigenvalue weighted by atomic mass is 9.99. The van der Waals surface area contributed by atoms with E-state index in [0.29, 0.717) is 0 Å². The standard InChI is InChI=1S/C11H16N2O/c1-9-3-2-5-13(11(9)14)6-4-10-7-12-8-10/h2-3,5,10,12H,4,6-8H2,1H3. The van der Waals surface area contributed by atoms with Gasteiger partial charge in [-0.05, 0) is 38.4 Å². The zero-order chi connectivity index (χ0) is 9.97. The van der Waals surface area contributed by atoms with Crippen LogP contribution in [0.2, 0.25) is 0 Å². The summed E-state index contributed by atoms with van der Waals surface area (Å²) >= 11 is 0. The smallest absolute Gasteiger partial charge is 0.253 e. The van der Waals surface area contributed by atoms with Crippen LogP contribution in [0.1, 0.15) is 12.0 Å². The minimum absolute atomic E-state index is 0.153. The van der Waals surface area contributed by atoms with Gasteiger partial charge >= 0.3 is 0 Å². The van der Waals surface area contributed by atoms with E-state index in [1.165, 1.54) is 0 Å². The third-order valence-electron chi connectivity index (χ3n) is 2.85. The number of nitrogens with one attached hydrogen (secondary N) is 1. The fraction of sp³-hybridized carbons (Fsp3) is 0.545. The molecule has 1 N–H and O–H groups in total. The lowest BCUT2D eigenvalue weighted by Gasteiger charge is -2.27. The van der Waals surface area contributed by atoms with Crippen LogP contribution >= 0.6 is 0 Å². The Morgan fingerprint density at radius 2 is 2.36 bits per heavy atom. The third kappa shape index (κ3) is 1.87. The van der Waals surface area contributed by atoms with Gasteiger partial charge in [-0.15, -0.1) is 0 Å². The first-order chi connectivity index (χ1) is 6.77. The summed E-state index contributed by atoms with van der Waals surface area (Å²) in [6, 6.07) is 3.81. The summed E-state index contributed by atoms with van der Waals surface area (Å²) in [6.07, 6.45) is 2.98. The Balaban J connectivity index is 2.01. The van der Waals surface area contributed by atoms with Crippen LogP contribution in [0.15, 0.2) is 23.1 Å². The zero-order valence-electron chi connectivity index (χ0n) is 8.49. The number of aromatic nitrogens is 1. The molecule has 1 aliphatic heterocycles. The molecule has 0 bridgehead atoms. The van der Waals surface area contributed by atoms with Crippen LogP contribution in [-0.4, -0.2) is 17.7 Å². The molecule has 1 aromatic rings. The summed E-state index contributed by atoms with van der Waals surface area (Å²) in [5, 5.41) is 3.24. The average Bonchev–Trinajstić information content (AvgIpc) is 2.09. The fourth-order valence-corrected chi connectivity index (χ4v) is 1.71. The molecule has 0 radical (unpaired) electrons. The van der Waals surface area contributed by atoms with E-state index in [1.54, 1.807) is 0 Å². The van der Waals surface area contributed by atoms with E-state index in [4.69, 9.17) is 0 Å². The number of rotatable bonds is 3. The van der Waals surface area contributed by atoms with Crippen LogP contribution in [0.5, 0.6) is 0 Å². The summed E-state index contributed by atoms with van der Waals surface area (Å²) in [7, 11) is 0. The van der Waals surface area contributed by atoms with Crippen molar-refractivity contribution in [3.8, 4) is 0 Å². The van der Waals surface area contributed by atoms with E-state index in [9.17, 15) is 4.79 Å². The van der Waals surface area contributed by atoms with Crippen LogP contribution in [0, 0.1) is 12.8 Å². The third-order valence-corrected chi connectivity index (χ3v) is 2.85. The van der Waals surface area contributed by atoms with E-state index < -0.39 is 0 Å². The van der Waals surface area contributed by atoms with Gasteiger partial charge in [-0.3, -0.25) is 4.79 Å². The van der Waals surface area contributed by atoms with Gasteiger partial charge in [0.2, 0.25) is 0 Å². The maximum absolute atomic E-state index is 11.6. The van der Waals surface area contributed by atoms with Crippen LogP contribution in [0.4, 0.5) is 0 Å². The van der Waals surface area contributed by atoms with Crippen molar-refractivity contribution in [2.75, 3.05) is 13.1 Å². The van der Waals surface area contributed by atoms with E-state index in [1.807, 2.05) is 29.8 Å². The molecule has 0 aliphatic carbocycles. The highest BCUT2D eigenvalue weighted by molar-refractivity contribution is 5.07. The van der Waals surface area contributed by atoms with Gasteiger partial charge in [0.15, 0.2) is 0 Å². The molecule has 1 saturated heterocycles. The maximum Gasteiger partial charge on any atom is 0.253 e. The number of hydrogen-bond donors (Lipinski definition) is 1. The molecule has 76 valence electrons. The van der Waals surface area contributed by atoms with E-state index in [2.05, 4.69) is 5.32 Å². The number of nitrogens with zero attached hydrogens (tertiary/aromatic N) is 1. The van der Waals surface area contributed by atoms with Gasteiger partial charge in [-0.2, -0.15) is 0 Å². The first-order valence-electron chi connectivity index (χ1n) is 5.14. The van der Waals surface area contributed by atoms with Crippen LogP contribution in [0.25, 0.3) is 0 Å². The van der Waals surface area contributed by atoms with Gasteiger partial charge in [0.1, 0.15) is 0 Å². The largest absolute Gasteiger partial charge is 0.316 e. The summed E-state index contributed by atoms with van der Waals surface area (Å²) < 4.78 is 1.81. The summed E-state index contributed by atoms with van der Waals surface area (Å²) in [6.45, 7) is 4.94. The molecule has 1 aliphatic rings. The molecular formula is C11H16N2O. The molecule has 14 heavy (non-hydrogen) atoms. The highest BCUT2D eigenvalue weighted by Crippen LogP contribution is 2.08. The first kappa shape index (κ1) is 9.46. The second kappa shape index (κ2) is 3.96. The molecule has 3 heteroatoms. The molecule has 2 heterocycles. The van der Waals surface area contributed by atoms with Crippen molar-refractivity contribution >= 4 is 0 Å². The van der Waals surface area contributed by atoms with Crippen molar-refractivity contribution < 1.29 is 0 Å². The molecule has 0 amide bonds. The van der Waals surface area contributed by atoms with Crippen LogP contribution in [0.3, 0.4) is 0 Å². The van der Waals surface area contributed by atoms with E-state index >= 15 is 0 Å². The molecule has 0 saturated carbocycles. The molecule has 1 aromatic heterocycles. The van der Waals surface area contributed by atoms with Crippen molar-refractivity contribution in [2.24, 2.45) is 5.92 Å². The van der Waals surface area contributed by atoms with Crippen LogP contribution < -0.4 is 10.9 Å². The Morgan fingerprint density at radius 3 is 3.00 bits per heavy atom. The Kier molecular flexibility index (Phi) is 2.68. The van der Waals surface area contributed by atoms with Gasteiger partial charge in [-0.25, -0.2) is 0 Å². The molecule has 3 nitrogen and oxygen atoms in total. The highest BCUT2D eigenvalue weighted by atomic mass is 16.1. The molecule has 0 aromatic carbocycles. The lowest BCUT2D eigenvalue weighted by molar-refractivity contribution is 0.310. The van der Waals surface area contributed by atoms with Gasteiger partial charge < -0.3 is 9.88 Å². The van der Waals surface area contributed by atoms with Crippen LogP contribution in [-0.2, 0) is 6.54 Å². The predicted octanol–water partition coefficient (Wildman–Crippen LogP) is 0.766. The second-order valence-corrected chi connectivity index (χ2v) is 4.00. The predicted molar refractivity (Wildman–Crippen MR) is 56.4 cm³/mol. The summed E-state index contributed by atoms with van der Waals surface area (Å²) in [5.41, 5.74) is 0.985. The Morgan fingerprint density at radius 1 is 1.57 bits per heavy atom. The topological polar surface area (TPSA) is 34.0 Å². The van der Waals surface area contributed by atoms with E-state index in [0.717, 1.165) is 37.5 Å². The second-order valence-electron chi connectivity index (χ2n) is 4.00. The SMILES string of the molecule is Cc1cccn(CCC2CNC2)c1=O. The normalized spacial score (nSPS) is 16.6. The fourth-order valence-electron chi connectivity index (χ4n) is 1.71. The van der Waals surface area contributed by atoms with Crippen molar-refractivity contribution in [2.45, 2.75) is 19.9 Å². The van der Waals surface area contributed by atoms with Gasteiger partial charge in [0.25, 0.3) is 5.56 Å². The summed E-state index contributed by atoms with van der Waals surface area (Å²) in [5.74, 6) is 0.766. The average molecular weight is 192 g/mol. The highest BCUT2D eigenvalue weighted by Gasteiger charge is 2.16. The van der Waals surface area contributed by atoms with Crippen molar-refractivity contribution in [3.63, 3.8) is 0 Å². The Labute approximate surface area is 83.8 Å².